The van der Waals surface area contributed by atoms with E-state index in [9.17, 15) is 0 Å². The molecular formula is C44H60N6O4SSi. The number of fused-ring (bicyclic) bond motifs is 1. The highest BCUT2D eigenvalue weighted by Crippen LogP contribution is 2.47. The molecule has 1 fully saturated rings. The van der Waals surface area contributed by atoms with Crippen LogP contribution in [0.3, 0.4) is 0 Å². The molecule has 3 aromatic carbocycles. The number of thioether (sulfide) groups is 1. The number of hydrogen-bond acceptors (Lipinski definition) is 10. The van der Waals surface area contributed by atoms with Gasteiger partial charge in [0.1, 0.15) is 17.1 Å². The molecule has 1 aliphatic rings. The number of nitrogens with zero attached hydrogens (tertiary/aromatic N) is 5. The molecule has 3 atom stereocenters. The summed E-state index contributed by atoms with van der Waals surface area (Å²) in [6.07, 6.45) is 4.70. The zero-order chi connectivity index (χ0) is 39.9. The monoisotopic (exact) mass is 796 g/mol. The topological polar surface area (TPSA) is 105 Å². The van der Waals surface area contributed by atoms with E-state index in [2.05, 4.69) is 102 Å². The molecule has 0 spiro atoms. The summed E-state index contributed by atoms with van der Waals surface area (Å²) in [5.74, 6) is 3.34. The van der Waals surface area contributed by atoms with Crippen LogP contribution in [-0.4, -0.2) is 72.5 Å². The SMILES string of the molecule is CCCCNc1nc(SCCC)nc2c1nnn2[C@@H]1CC(COC(c2ccccc2)(c2ccc(OC)cc2)c2ccc(OC)cc2)C(O[Si](C)(C)C(C)(C)C)C1. The lowest BCUT2D eigenvalue weighted by atomic mass is 9.80. The lowest BCUT2D eigenvalue weighted by Gasteiger charge is -2.41. The van der Waals surface area contributed by atoms with Crippen LogP contribution in [0.2, 0.25) is 18.1 Å². The Balaban J connectivity index is 1.42. The van der Waals surface area contributed by atoms with Crippen LogP contribution in [0.1, 0.15) is 89.5 Å². The average Bonchev–Trinajstić information content (AvgIpc) is 3.81. The molecule has 0 amide bonds. The van der Waals surface area contributed by atoms with Crippen molar-refractivity contribution < 1.29 is 18.6 Å². The van der Waals surface area contributed by atoms with Crippen molar-refractivity contribution in [1.82, 2.24) is 25.0 Å². The summed E-state index contributed by atoms with van der Waals surface area (Å²) in [4.78, 5) is 9.96. The third-order valence-corrected chi connectivity index (χ3v) is 17.0. The molecule has 1 aliphatic carbocycles. The van der Waals surface area contributed by atoms with Crippen LogP contribution >= 0.6 is 11.8 Å². The van der Waals surface area contributed by atoms with E-state index in [1.54, 1.807) is 26.0 Å². The molecule has 5 aromatic rings. The summed E-state index contributed by atoms with van der Waals surface area (Å²) < 4.78 is 28.1. The van der Waals surface area contributed by atoms with Gasteiger partial charge in [-0.25, -0.2) is 14.6 Å². The first-order chi connectivity index (χ1) is 26.9. The molecule has 56 heavy (non-hydrogen) atoms. The Bertz CT molecular complexity index is 1960. The molecule has 2 heterocycles. The maximum absolute atomic E-state index is 7.51. The number of ether oxygens (including phenoxy) is 3. The summed E-state index contributed by atoms with van der Waals surface area (Å²) >= 11 is 1.68. The fourth-order valence-corrected chi connectivity index (χ4v) is 9.35. The predicted molar refractivity (Wildman–Crippen MR) is 230 cm³/mol. The highest BCUT2D eigenvalue weighted by atomic mass is 32.2. The Morgan fingerprint density at radius 1 is 0.821 bits per heavy atom. The zero-order valence-corrected chi connectivity index (χ0v) is 36.5. The number of rotatable bonds is 18. The minimum absolute atomic E-state index is 0.0129. The van der Waals surface area contributed by atoms with E-state index in [1.807, 2.05) is 35.0 Å². The van der Waals surface area contributed by atoms with Gasteiger partial charge in [-0.05, 0) is 84.8 Å². The first kappa shape index (κ1) is 41.7. The van der Waals surface area contributed by atoms with Gasteiger partial charge in [0.15, 0.2) is 30.5 Å². The van der Waals surface area contributed by atoms with Crippen molar-refractivity contribution in [3.63, 3.8) is 0 Å². The maximum atomic E-state index is 7.51. The third-order valence-electron chi connectivity index (χ3n) is 11.5. The highest BCUT2D eigenvalue weighted by molar-refractivity contribution is 7.99. The maximum Gasteiger partial charge on any atom is 0.192 e. The lowest BCUT2D eigenvalue weighted by molar-refractivity contribution is -0.0275. The Hall–Kier alpha value is -3.97. The standard InChI is InChI=1S/C44H60N6O4SSi/c1-10-12-26-45-40-39-41(47-42(46-40)55-27-11-2)50(49-48-39)35-28-31(38(29-35)54-56(8,9)43(3,4)5)30-53-44(32-16-14-13-15-17-32,33-18-22-36(51-6)23-19-33)34-20-24-37(52-7)25-21-34/h13-25,31,35,38H,10-12,26-30H2,1-9H3,(H,45,46,47)/t31?,35-,38?/m1/s1. The van der Waals surface area contributed by atoms with Crippen molar-refractivity contribution >= 4 is 37.1 Å². The Morgan fingerprint density at radius 2 is 1.45 bits per heavy atom. The smallest absolute Gasteiger partial charge is 0.192 e. The van der Waals surface area contributed by atoms with Gasteiger partial charge in [-0.1, -0.05) is 113 Å². The van der Waals surface area contributed by atoms with Crippen molar-refractivity contribution in [2.75, 3.05) is 38.4 Å². The number of benzene rings is 3. The third kappa shape index (κ3) is 8.93. The van der Waals surface area contributed by atoms with Gasteiger partial charge in [0, 0.05) is 18.2 Å². The van der Waals surface area contributed by atoms with Gasteiger partial charge in [-0.15, -0.1) is 5.10 Å². The molecular weight excluding hydrogens is 737 g/mol. The molecule has 0 aliphatic heterocycles. The molecule has 0 saturated heterocycles. The molecule has 300 valence electrons. The second-order valence-electron chi connectivity index (χ2n) is 16.3. The first-order valence-corrected chi connectivity index (χ1v) is 24.0. The van der Waals surface area contributed by atoms with E-state index in [4.69, 9.17) is 38.9 Å². The Morgan fingerprint density at radius 3 is 2.02 bits per heavy atom. The summed E-state index contributed by atoms with van der Waals surface area (Å²) in [6.45, 7) is 17.2. The molecule has 2 aromatic heterocycles. The molecule has 12 heteroatoms. The van der Waals surface area contributed by atoms with E-state index >= 15 is 0 Å². The molecule has 6 rings (SSSR count). The number of nitrogens with one attached hydrogen (secondary N) is 1. The van der Waals surface area contributed by atoms with E-state index in [-0.39, 0.29) is 23.1 Å². The Kier molecular flexibility index (Phi) is 13.5. The highest BCUT2D eigenvalue weighted by Gasteiger charge is 2.47. The van der Waals surface area contributed by atoms with Crippen LogP contribution < -0.4 is 14.8 Å². The largest absolute Gasteiger partial charge is 0.497 e. The molecule has 1 saturated carbocycles. The fraction of sp³-hybridized carbons (Fsp3) is 0.500. The van der Waals surface area contributed by atoms with Crippen molar-refractivity contribution in [1.29, 1.82) is 0 Å². The van der Waals surface area contributed by atoms with Crippen molar-refractivity contribution in [2.45, 2.75) is 108 Å². The average molecular weight is 797 g/mol. The van der Waals surface area contributed by atoms with Crippen molar-refractivity contribution in [2.24, 2.45) is 5.92 Å². The molecule has 10 nitrogen and oxygen atoms in total. The van der Waals surface area contributed by atoms with Gasteiger partial charge < -0.3 is 24.0 Å². The molecule has 1 N–H and O–H groups in total. The van der Waals surface area contributed by atoms with Gasteiger partial charge in [-0.2, -0.15) is 0 Å². The van der Waals surface area contributed by atoms with E-state index in [0.29, 0.717) is 12.1 Å². The van der Waals surface area contributed by atoms with E-state index in [0.717, 1.165) is 89.2 Å². The van der Waals surface area contributed by atoms with Crippen LogP contribution in [0, 0.1) is 5.92 Å². The first-order valence-electron chi connectivity index (χ1n) is 20.1. The fourth-order valence-electron chi connectivity index (χ4n) is 7.26. The lowest BCUT2D eigenvalue weighted by Crippen LogP contribution is -2.45. The minimum Gasteiger partial charge on any atom is -0.497 e. The summed E-state index contributed by atoms with van der Waals surface area (Å²) in [5.41, 5.74) is 3.59. The van der Waals surface area contributed by atoms with Crippen molar-refractivity contribution in [3.8, 4) is 11.5 Å². The van der Waals surface area contributed by atoms with Crippen LogP contribution in [-0.2, 0) is 14.8 Å². The number of anilines is 1. The number of unbranched alkanes of at least 4 members (excludes halogenated alkanes) is 1. The van der Waals surface area contributed by atoms with Gasteiger partial charge in [0.25, 0.3) is 0 Å². The van der Waals surface area contributed by atoms with Crippen LogP contribution in [0.4, 0.5) is 5.82 Å². The molecule has 0 radical (unpaired) electrons. The predicted octanol–water partition coefficient (Wildman–Crippen LogP) is 10.3. The van der Waals surface area contributed by atoms with Crippen LogP contribution in [0.5, 0.6) is 11.5 Å². The van der Waals surface area contributed by atoms with Gasteiger partial charge >= 0.3 is 0 Å². The number of hydrogen-bond donors (Lipinski definition) is 1. The molecule has 0 bridgehead atoms. The summed E-state index contributed by atoms with van der Waals surface area (Å²) in [7, 11) is 1.20. The number of aromatic nitrogens is 5. The van der Waals surface area contributed by atoms with Crippen LogP contribution in [0.25, 0.3) is 11.2 Å². The van der Waals surface area contributed by atoms with Gasteiger partial charge in [0.05, 0.1) is 33.0 Å². The van der Waals surface area contributed by atoms with Gasteiger partial charge in [0.2, 0.25) is 0 Å². The normalized spacial score (nSPS) is 17.7. The van der Waals surface area contributed by atoms with Gasteiger partial charge in [-0.3, -0.25) is 0 Å². The number of methoxy groups -OCH3 is 2. The second-order valence-corrected chi connectivity index (χ2v) is 22.1. The van der Waals surface area contributed by atoms with E-state index < -0.39 is 13.9 Å². The van der Waals surface area contributed by atoms with Crippen LogP contribution in [0.15, 0.2) is 84.0 Å². The zero-order valence-electron chi connectivity index (χ0n) is 34.7. The Labute approximate surface area is 338 Å². The summed E-state index contributed by atoms with van der Waals surface area (Å²) in [6, 6.07) is 27.0. The molecule has 2 unspecified atom stereocenters. The second kappa shape index (κ2) is 18.1. The van der Waals surface area contributed by atoms with Crippen molar-refractivity contribution in [3.05, 3.63) is 95.6 Å². The minimum atomic E-state index is -2.19. The quantitative estimate of drug-likeness (QED) is 0.0303. The summed E-state index contributed by atoms with van der Waals surface area (Å²) in [5, 5.41) is 13.8. The van der Waals surface area contributed by atoms with E-state index in [1.165, 1.54) is 0 Å².